The van der Waals surface area contributed by atoms with E-state index in [0.717, 1.165) is 5.56 Å². The molecule has 0 saturated carbocycles. The van der Waals surface area contributed by atoms with Gasteiger partial charge < -0.3 is 5.11 Å². The zero-order valence-corrected chi connectivity index (χ0v) is 11.3. The van der Waals surface area contributed by atoms with Crippen LogP contribution in [0.5, 0.6) is 0 Å². The molecule has 1 atom stereocenters. The summed E-state index contributed by atoms with van der Waals surface area (Å²) in [5.41, 5.74) is 1.48. The van der Waals surface area contributed by atoms with E-state index in [1.807, 2.05) is 44.2 Å². The summed E-state index contributed by atoms with van der Waals surface area (Å²) in [5.74, 6) is 0.210. The minimum Gasteiger partial charge on any atom is -0.511 e. The fourth-order valence-electron chi connectivity index (χ4n) is 2.24. The Morgan fingerprint density at radius 1 is 1.26 bits per heavy atom. The number of Topliss-reactive ketones (excluding diaryl/α,β-unsaturated/α-hetero) is 1. The van der Waals surface area contributed by atoms with E-state index in [4.69, 9.17) is 0 Å². The van der Waals surface area contributed by atoms with Crippen LogP contribution in [0.15, 0.2) is 46.7 Å². The zero-order chi connectivity index (χ0) is 13.8. The van der Waals surface area contributed by atoms with E-state index < -0.39 is 0 Å². The number of aliphatic hydroxyl groups excluding tert-OH is 1. The summed E-state index contributed by atoms with van der Waals surface area (Å²) in [6.07, 6.45) is 2.46. The molecule has 0 bridgehead atoms. The standard InChI is InChI=1S/C16H19NO2/c1-11(2)17-10-14-15(18)8-13(9-16(14)19)12-6-4-3-5-7-12/h3-7,10-11,13,18H,8-9H2,1-2H3. The fourth-order valence-corrected chi connectivity index (χ4v) is 2.24. The summed E-state index contributed by atoms with van der Waals surface area (Å²) in [7, 11) is 0. The van der Waals surface area contributed by atoms with Crippen molar-refractivity contribution in [3.05, 3.63) is 47.2 Å². The van der Waals surface area contributed by atoms with Crippen LogP contribution in [-0.2, 0) is 4.79 Å². The Balaban J connectivity index is 2.21. The molecule has 19 heavy (non-hydrogen) atoms. The highest BCUT2D eigenvalue weighted by Gasteiger charge is 2.27. The van der Waals surface area contributed by atoms with Crippen LogP contribution in [0.1, 0.15) is 38.2 Å². The normalized spacial score (nSPS) is 20.6. The number of rotatable bonds is 3. The molecule has 0 aliphatic heterocycles. The van der Waals surface area contributed by atoms with Crippen molar-refractivity contribution in [1.29, 1.82) is 0 Å². The second-order valence-electron chi connectivity index (χ2n) is 5.17. The quantitative estimate of drug-likeness (QED) is 0.843. The first-order chi connectivity index (χ1) is 9.08. The molecule has 1 aliphatic carbocycles. The number of hydrogen-bond acceptors (Lipinski definition) is 3. The van der Waals surface area contributed by atoms with Crippen molar-refractivity contribution in [3.63, 3.8) is 0 Å². The SMILES string of the molecule is CC(C)N=CC1=C(O)CC(c2ccccc2)CC1=O. The van der Waals surface area contributed by atoms with E-state index in [-0.39, 0.29) is 23.5 Å². The second-order valence-corrected chi connectivity index (χ2v) is 5.17. The molecule has 100 valence electrons. The lowest BCUT2D eigenvalue weighted by molar-refractivity contribution is -0.116. The summed E-state index contributed by atoms with van der Waals surface area (Å²) in [6, 6.07) is 9.98. The van der Waals surface area contributed by atoms with Crippen LogP contribution in [0.2, 0.25) is 0 Å². The number of hydrogen-bond donors (Lipinski definition) is 1. The molecule has 0 amide bonds. The number of aliphatic hydroxyl groups is 1. The first-order valence-electron chi connectivity index (χ1n) is 6.61. The molecule has 2 rings (SSSR count). The van der Waals surface area contributed by atoms with Crippen LogP contribution in [0, 0.1) is 0 Å². The zero-order valence-electron chi connectivity index (χ0n) is 11.3. The molecule has 1 aromatic rings. The molecule has 1 N–H and O–H groups in total. The third-order valence-electron chi connectivity index (χ3n) is 3.26. The lowest BCUT2D eigenvalue weighted by Crippen LogP contribution is -2.19. The smallest absolute Gasteiger partial charge is 0.168 e. The third kappa shape index (κ3) is 3.31. The van der Waals surface area contributed by atoms with Gasteiger partial charge in [-0.05, 0) is 25.3 Å². The van der Waals surface area contributed by atoms with E-state index >= 15 is 0 Å². The molecular weight excluding hydrogens is 238 g/mol. The third-order valence-corrected chi connectivity index (χ3v) is 3.26. The van der Waals surface area contributed by atoms with E-state index in [9.17, 15) is 9.90 Å². The highest BCUT2D eigenvalue weighted by molar-refractivity contribution is 6.14. The molecule has 1 aliphatic rings. The Kier molecular flexibility index (Phi) is 4.15. The van der Waals surface area contributed by atoms with Gasteiger partial charge in [0, 0.05) is 25.1 Å². The molecule has 3 nitrogen and oxygen atoms in total. The van der Waals surface area contributed by atoms with Gasteiger partial charge in [-0.3, -0.25) is 9.79 Å². The van der Waals surface area contributed by atoms with Crippen molar-refractivity contribution >= 4 is 12.0 Å². The fraction of sp³-hybridized carbons (Fsp3) is 0.375. The van der Waals surface area contributed by atoms with Crippen molar-refractivity contribution in [2.24, 2.45) is 4.99 Å². The lowest BCUT2D eigenvalue weighted by atomic mass is 9.83. The highest BCUT2D eigenvalue weighted by atomic mass is 16.3. The van der Waals surface area contributed by atoms with Crippen molar-refractivity contribution in [1.82, 2.24) is 0 Å². The van der Waals surface area contributed by atoms with Crippen LogP contribution in [0.3, 0.4) is 0 Å². The van der Waals surface area contributed by atoms with Gasteiger partial charge in [-0.25, -0.2) is 0 Å². The summed E-state index contributed by atoms with van der Waals surface area (Å²) in [4.78, 5) is 16.3. The van der Waals surface area contributed by atoms with Crippen molar-refractivity contribution in [2.45, 2.75) is 38.6 Å². The van der Waals surface area contributed by atoms with Gasteiger partial charge in [0.25, 0.3) is 0 Å². The van der Waals surface area contributed by atoms with Gasteiger partial charge in [-0.1, -0.05) is 30.3 Å². The number of carbonyl (C=O) groups excluding carboxylic acids is 1. The number of benzene rings is 1. The highest BCUT2D eigenvalue weighted by Crippen LogP contribution is 2.32. The van der Waals surface area contributed by atoms with Gasteiger partial charge in [-0.15, -0.1) is 0 Å². The number of aliphatic imine (C=N–C) groups is 1. The molecule has 0 radical (unpaired) electrons. The Labute approximate surface area is 113 Å². The first-order valence-corrected chi connectivity index (χ1v) is 6.61. The first kappa shape index (κ1) is 13.5. The molecular formula is C16H19NO2. The summed E-state index contributed by atoms with van der Waals surface area (Å²) in [6.45, 7) is 3.88. The Hall–Kier alpha value is -1.90. The molecule has 3 heteroatoms. The van der Waals surface area contributed by atoms with Crippen LogP contribution >= 0.6 is 0 Å². The van der Waals surface area contributed by atoms with Crippen LogP contribution in [0.4, 0.5) is 0 Å². The van der Waals surface area contributed by atoms with E-state index in [1.54, 1.807) is 0 Å². The Morgan fingerprint density at radius 3 is 2.53 bits per heavy atom. The number of nitrogens with zero attached hydrogens (tertiary/aromatic N) is 1. The largest absolute Gasteiger partial charge is 0.511 e. The van der Waals surface area contributed by atoms with Gasteiger partial charge in [0.2, 0.25) is 0 Å². The maximum atomic E-state index is 12.1. The molecule has 0 heterocycles. The summed E-state index contributed by atoms with van der Waals surface area (Å²) >= 11 is 0. The number of carbonyl (C=O) groups is 1. The monoisotopic (exact) mass is 257 g/mol. The average Bonchev–Trinajstić information content (AvgIpc) is 2.38. The van der Waals surface area contributed by atoms with Crippen LogP contribution in [-0.4, -0.2) is 23.1 Å². The van der Waals surface area contributed by atoms with E-state index in [0.29, 0.717) is 18.4 Å². The molecule has 1 unspecified atom stereocenters. The molecule has 0 fully saturated rings. The van der Waals surface area contributed by atoms with Gasteiger partial charge in [0.05, 0.1) is 5.57 Å². The molecule has 0 saturated heterocycles. The van der Waals surface area contributed by atoms with Gasteiger partial charge in [-0.2, -0.15) is 0 Å². The predicted molar refractivity (Wildman–Crippen MR) is 76.7 cm³/mol. The Morgan fingerprint density at radius 2 is 1.95 bits per heavy atom. The topological polar surface area (TPSA) is 49.7 Å². The Bertz CT molecular complexity index is 515. The number of ketones is 1. The molecule has 1 aromatic carbocycles. The van der Waals surface area contributed by atoms with Crippen LogP contribution < -0.4 is 0 Å². The van der Waals surface area contributed by atoms with E-state index in [1.165, 1.54) is 6.21 Å². The van der Waals surface area contributed by atoms with E-state index in [2.05, 4.69) is 4.99 Å². The van der Waals surface area contributed by atoms with Crippen molar-refractivity contribution < 1.29 is 9.90 Å². The van der Waals surface area contributed by atoms with Gasteiger partial charge >= 0.3 is 0 Å². The predicted octanol–water partition coefficient (Wildman–Crippen LogP) is 3.42. The maximum absolute atomic E-state index is 12.1. The van der Waals surface area contributed by atoms with Crippen LogP contribution in [0.25, 0.3) is 0 Å². The van der Waals surface area contributed by atoms with Crippen molar-refractivity contribution in [3.8, 4) is 0 Å². The maximum Gasteiger partial charge on any atom is 0.168 e. The minimum absolute atomic E-state index is 0.0259. The van der Waals surface area contributed by atoms with Crippen molar-refractivity contribution in [2.75, 3.05) is 0 Å². The summed E-state index contributed by atoms with van der Waals surface area (Å²) in [5, 5.41) is 10.1. The lowest BCUT2D eigenvalue weighted by Gasteiger charge is -2.22. The second kappa shape index (κ2) is 5.83. The molecule has 0 aromatic heterocycles. The van der Waals surface area contributed by atoms with Gasteiger partial charge in [0.15, 0.2) is 5.78 Å². The minimum atomic E-state index is -0.0259. The van der Waals surface area contributed by atoms with Gasteiger partial charge in [0.1, 0.15) is 5.76 Å². The summed E-state index contributed by atoms with van der Waals surface area (Å²) < 4.78 is 0. The molecule has 0 spiro atoms. The average molecular weight is 257 g/mol. The number of allylic oxidation sites excluding steroid dienone is 2.